The monoisotopic (exact) mass is 355 g/mol. The minimum absolute atomic E-state index is 0.190. The lowest BCUT2D eigenvalue weighted by atomic mass is 9.81. The Bertz CT molecular complexity index is 718. The number of hydrogen-bond acceptors (Lipinski definition) is 4. The molecule has 3 rings (SSSR count). The summed E-state index contributed by atoms with van der Waals surface area (Å²) in [7, 11) is 1.74. The van der Waals surface area contributed by atoms with Crippen molar-refractivity contribution in [2.45, 2.75) is 38.3 Å². The zero-order valence-corrected chi connectivity index (χ0v) is 16.0. The summed E-state index contributed by atoms with van der Waals surface area (Å²) in [5.41, 5.74) is 1.79. The molecule has 4 nitrogen and oxygen atoms in total. The van der Waals surface area contributed by atoms with Crippen LogP contribution in [0.15, 0.2) is 48.5 Å². The molecular formula is C22H29NO3. The highest BCUT2D eigenvalue weighted by atomic mass is 16.5. The summed E-state index contributed by atoms with van der Waals surface area (Å²) in [6, 6.07) is 16.5. The molecular weight excluding hydrogens is 326 g/mol. The number of benzene rings is 2. The Labute approximate surface area is 156 Å². The van der Waals surface area contributed by atoms with Crippen molar-refractivity contribution in [1.29, 1.82) is 0 Å². The summed E-state index contributed by atoms with van der Waals surface area (Å²) >= 11 is 0. The lowest BCUT2D eigenvalue weighted by molar-refractivity contribution is -0.108. The number of hydrogen-bond donors (Lipinski definition) is 1. The van der Waals surface area contributed by atoms with E-state index in [1.165, 1.54) is 0 Å². The number of rotatable bonds is 7. The summed E-state index contributed by atoms with van der Waals surface area (Å²) in [5, 5.41) is 3.58. The third-order valence-electron chi connectivity index (χ3n) is 5.16. The van der Waals surface area contributed by atoms with Gasteiger partial charge in [0.1, 0.15) is 17.1 Å². The zero-order chi connectivity index (χ0) is 18.4. The maximum Gasteiger partial charge on any atom is 0.133 e. The van der Waals surface area contributed by atoms with E-state index in [1.807, 2.05) is 30.3 Å². The molecule has 2 aromatic carbocycles. The highest BCUT2D eigenvalue weighted by molar-refractivity contribution is 5.44. The lowest BCUT2D eigenvalue weighted by Gasteiger charge is -2.44. The Hall–Kier alpha value is -1.88. The van der Waals surface area contributed by atoms with Crippen LogP contribution in [0.1, 0.15) is 30.9 Å². The number of morpholine rings is 1. The Balaban J connectivity index is 1.97. The summed E-state index contributed by atoms with van der Waals surface area (Å²) in [5.74, 6) is 1.73. The quantitative estimate of drug-likeness (QED) is 0.747. The van der Waals surface area contributed by atoms with Crippen molar-refractivity contribution in [3.05, 3.63) is 59.7 Å². The molecule has 1 heterocycles. The second kappa shape index (κ2) is 8.67. The van der Waals surface area contributed by atoms with Crippen LogP contribution in [0.4, 0.5) is 0 Å². The Morgan fingerprint density at radius 3 is 2.58 bits per heavy atom. The smallest absolute Gasteiger partial charge is 0.133 e. The van der Waals surface area contributed by atoms with Crippen molar-refractivity contribution in [2.75, 3.05) is 26.9 Å². The summed E-state index contributed by atoms with van der Waals surface area (Å²) in [6.45, 7) is 6.53. The minimum Gasteiger partial charge on any atom is -0.457 e. The van der Waals surface area contributed by atoms with Gasteiger partial charge in [0.2, 0.25) is 0 Å². The molecule has 0 saturated carbocycles. The van der Waals surface area contributed by atoms with Gasteiger partial charge in [-0.3, -0.25) is 0 Å². The van der Waals surface area contributed by atoms with Gasteiger partial charge in [-0.25, -0.2) is 0 Å². The predicted molar refractivity (Wildman–Crippen MR) is 104 cm³/mol. The molecule has 1 aliphatic rings. The average Bonchev–Trinajstić information content (AvgIpc) is 2.66. The fraction of sp³-hybridized carbons (Fsp3) is 0.455. The molecule has 0 radical (unpaired) electrons. The third-order valence-corrected chi connectivity index (χ3v) is 5.16. The van der Waals surface area contributed by atoms with Gasteiger partial charge in [-0.15, -0.1) is 0 Å². The molecule has 0 aromatic heterocycles. The van der Waals surface area contributed by atoms with Crippen molar-refractivity contribution in [3.8, 4) is 11.5 Å². The average molecular weight is 355 g/mol. The van der Waals surface area contributed by atoms with Gasteiger partial charge < -0.3 is 19.5 Å². The van der Waals surface area contributed by atoms with Gasteiger partial charge in [0.15, 0.2) is 0 Å². The predicted octanol–water partition coefficient (Wildman–Crippen LogP) is 4.42. The van der Waals surface area contributed by atoms with E-state index in [2.05, 4.69) is 37.4 Å². The first-order valence-electron chi connectivity index (χ1n) is 9.36. The van der Waals surface area contributed by atoms with Crippen LogP contribution in [0, 0.1) is 6.92 Å². The van der Waals surface area contributed by atoms with Gasteiger partial charge >= 0.3 is 0 Å². The van der Waals surface area contributed by atoms with E-state index in [0.717, 1.165) is 48.6 Å². The molecule has 4 heteroatoms. The minimum atomic E-state index is -0.421. The second-order valence-corrected chi connectivity index (χ2v) is 6.87. The second-order valence-electron chi connectivity index (χ2n) is 6.87. The van der Waals surface area contributed by atoms with Crippen molar-refractivity contribution in [1.82, 2.24) is 5.32 Å². The van der Waals surface area contributed by atoms with E-state index in [0.29, 0.717) is 6.61 Å². The van der Waals surface area contributed by atoms with Gasteiger partial charge in [0.05, 0.1) is 6.61 Å². The molecule has 26 heavy (non-hydrogen) atoms. The van der Waals surface area contributed by atoms with Crippen LogP contribution in [0.25, 0.3) is 0 Å². The van der Waals surface area contributed by atoms with Crippen LogP contribution in [-0.4, -0.2) is 32.9 Å². The van der Waals surface area contributed by atoms with Gasteiger partial charge in [-0.2, -0.15) is 0 Å². The highest BCUT2D eigenvalue weighted by Gasteiger charge is 2.42. The number of nitrogens with one attached hydrogen (secondary N) is 1. The molecule has 0 amide bonds. The van der Waals surface area contributed by atoms with E-state index in [9.17, 15) is 0 Å². The SMILES string of the molecule is COCCCC1(c2ccccc2Oc2ccccc2C)OCCNC1C. The lowest BCUT2D eigenvalue weighted by Crippen LogP contribution is -2.54. The summed E-state index contributed by atoms with van der Waals surface area (Å²) in [6.07, 6.45) is 1.81. The Morgan fingerprint density at radius 2 is 1.85 bits per heavy atom. The maximum absolute atomic E-state index is 6.42. The Kier molecular flexibility index (Phi) is 6.30. The van der Waals surface area contributed by atoms with Crippen LogP contribution in [0.3, 0.4) is 0 Å². The number of para-hydroxylation sites is 2. The first-order valence-corrected chi connectivity index (χ1v) is 9.36. The van der Waals surface area contributed by atoms with Gasteiger partial charge in [0, 0.05) is 31.9 Å². The van der Waals surface area contributed by atoms with Crippen LogP contribution >= 0.6 is 0 Å². The van der Waals surface area contributed by atoms with Crippen molar-refractivity contribution in [3.63, 3.8) is 0 Å². The molecule has 1 fully saturated rings. The first-order chi connectivity index (χ1) is 12.7. The molecule has 0 aliphatic carbocycles. The number of ether oxygens (including phenoxy) is 3. The van der Waals surface area contributed by atoms with Crippen molar-refractivity contribution in [2.24, 2.45) is 0 Å². The molecule has 140 valence electrons. The third kappa shape index (κ3) is 3.93. The zero-order valence-electron chi connectivity index (χ0n) is 16.0. The van der Waals surface area contributed by atoms with Crippen LogP contribution in [0.5, 0.6) is 11.5 Å². The molecule has 0 spiro atoms. The van der Waals surface area contributed by atoms with Crippen molar-refractivity contribution < 1.29 is 14.2 Å². The first kappa shape index (κ1) is 18.9. The molecule has 0 bridgehead atoms. The number of methoxy groups -OCH3 is 1. The van der Waals surface area contributed by atoms with E-state index in [4.69, 9.17) is 14.2 Å². The van der Waals surface area contributed by atoms with E-state index < -0.39 is 5.60 Å². The van der Waals surface area contributed by atoms with Gasteiger partial charge in [-0.05, 0) is 44.4 Å². The van der Waals surface area contributed by atoms with E-state index in [-0.39, 0.29) is 6.04 Å². The molecule has 1 aliphatic heterocycles. The highest BCUT2D eigenvalue weighted by Crippen LogP contribution is 2.42. The Morgan fingerprint density at radius 1 is 1.12 bits per heavy atom. The van der Waals surface area contributed by atoms with E-state index in [1.54, 1.807) is 7.11 Å². The van der Waals surface area contributed by atoms with Crippen molar-refractivity contribution >= 4 is 0 Å². The van der Waals surface area contributed by atoms with Crippen LogP contribution < -0.4 is 10.1 Å². The molecule has 1 N–H and O–H groups in total. The summed E-state index contributed by atoms with van der Waals surface area (Å²) < 4.78 is 18.0. The van der Waals surface area contributed by atoms with Gasteiger partial charge in [0.25, 0.3) is 0 Å². The summed E-state index contributed by atoms with van der Waals surface area (Å²) in [4.78, 5) is 0. The number of aryl methyl sites for hydroxylation is 1. The van der Waals surface area contributed by atoms with Gasteiger partial charge in [-0.1, -0.05) is 36.4 Å². The van der Waals surface area contributed by atoms with Crippen LogP contribution in [0.2, 0.25) is 0 Å². The largest absolute Gasteiger partial charge is 0.457 e. The fourth-order valence-corrected chi connectivity index (χ4v) is 3.71. The van der Waals surface area contributed by atoms with Crippen LogP contribution in [-0.2, 0) is 15.1 Å². The van der Waals surface area contributed by atoms with E-state index >= 15 is 0 Å². The maximum atomic E-state index is 6.42. The molecule has 2 atom stereocenters. The normalized spacial score (nSPS) is 23.0. The standard InChI is InChI=1S/C22H29NO3/c1-17-9-4-6-11-20(17)26-21-12-7-5-10-19(21)22(13-8-15-24-3)18(2)23-14-16-25-22/h4-7,9-12,18,23H,8,13-16H2,1-3H3. The fourth-order valence-electron chi connectivity index (χ4n) is 3.71. The topological polar surface area (TPSA) is 39.7 Å². The molecule has 2 unspecified atom stereocenters. The molecule has 1 saturated heterocycles. The molecule has 2 aromatic rings.